The lowest BCUT2D eigenvalue weighted by molar-refractivity contribution is -0.137. The number of alkyl carbamates (subject to hydrolysis) is 1. The number of carbonyl (C=O) groups excluding carboxylic acids is 8. The summed E-state index contributed by atoms with van der Waals surface area (Å²) in [4.78, 5) is 120. The maximum absolute atomic E-state index is 15.9. The van der Waals surface area contributed by atoms with Gasteiger partial charge in [0.05, 0.1) is 10.0 Å². The third-order valence-corrected chi connectivity index (χ3v) is 16.1. The van der Waals surface area contributed by atoms with Gasteiger partial charge in [-0.1, -0.05) is 47.5 Å². The first-order valence-corrected chi connectivity index (χ1v) is 29.9. The molecule has 492 valence electrons. The van der Waals surface area contributed by atoms with E-state index < -0.39 is 154 Å². The number of hydrogen-bond acceptors (Lipinski definition) is 20. The largest absolute Gasteiger partial charge is 0.508 e. The summed E-state index contributed by atoms with van der Waals surface area (Å²) in [6.07, 6.45) is -3.62. The molecule has 0 unspecified atom stereocenters. The zero-order valence-electron chi connectivity index (χ0n) is 50.1. The second-order valence-electron chi connectivity index (χ2n) is 23.4. The van der Waals surface area contributed by atoms with Crippen LogP contribution in [0.2, 0.25) is 10.0 Å². The van der Waals surface area contributed by atoms with Gasteiger partial charge in [0.15, 0.2) is 23.0 Å². The zero-order valence-corrected chi connectivity index (χ0v) is 51.6. The van der Waals surface area contributed by atoms with Gasteiger partial charge in [-0.3, -0.25) is 33.6 Å². The molecule has 13 rings (SSSR count). The summed E-state index contributed by atoms with van der Waals surface area (Å²) < 4.78 is 24.1. The number of hydrogen-bond donors (Lipinski definition) is 16. The van der Waals surface area contributed by atoms with Crippen LogP contribution < -0.4 is 62.5 Å². The molecule has 7 aromatic rings. The molecule has 8 atom stereocenters. The smallest absolute Gasteiger partial charge is 0.408 e. The molecular formula is C65H59Cl2N9O19. The van der Waals surface area contributed by atoms with Crippen molar-refractivity contribution in [2.45, 2.75) is 81.2 Å². The Morgan fingerprint density at radius 1 is 0.568 bits per heavy atom. The number of benzene rings is 7. The van der Waals surface area contributed by atoms with Gasteiger partial charge in [0.1, 0.15) is 94.2 Å². The third-order valence-electron chi connectivity index (χ3n) is 15.5. The summed E-state index contributed by atoms with van der Waals surface area (Å²) in [7, 11) is 0. The van der Waals surface area contributed by atoms with Crippen molar-refractivity contribution < 1.29 is 93.0 Å². The Labute approximate surface area is 548 Å². The van der Waals surface area contributed by atoms with Crippen LogP contribution in [0.3, 0.4) is 0 Å². The Morgan fingerprint density at radius 2 is 1.16 bits per heavy atom. The van der Waals surface area contributed by atoms with Crippen LogP contribution in [-0.2, 0) is 44.7 Å². The predicted molar refractivity (Wildman–Crippen MR) is 335 cm³/mol. The fourth-order valence-corrected chi connectivity index (χ4v) is 11.6. The second-order valence-corrected chi connectivity index (χ2v) is 24.3. The fraction of sp³-hybridized carbons (Fsp3) is 0.231. The lowest BCUT2D eigenvalue weighted by atomic mass is 9.89. The van der Waals surface area contributed by atoms with Crippen molar-refractivity contribution in [3.63, 3.8) is 0 Å². The van der Waals surface area contributed by atoms with Gasteiger partial charge in [0.25, 0.3) is 0 Å². The molecule has 95 heavy (non-hydrogen) atoms. The number of carbonyl (C=O) groups is 8. The number of fused-ring (bicyclic) bond motifs is 14. The zero-order chi connectivity index (χ0) is 68.1. The first kappa shape index (κ1) is 65.3. The van der Waals surface area contributed by atoms with E-state index in [-0.39, 0.29) is 96.2 Å². The molecule has 0 spiro atoms. The van der Waals surface area contributed by atoms with E-state index in [4.69, 9.17) is 47.9 Å². The van der Waals surface area contributed by atoms with Crippen LogP contribution >= 0.6 is 23.2 Å². The first-order chi connectivity index (χ1) is 45.1. The molecule has 6 aliphatic rings. The number of nitrogens with two attached hydrogens (primary N) is 1. The minimum absolute atomic E-state index is 0.00527. The molecule has 28 nitrogen and oxygen atoms in total. The molecule has 17 N–H and O–H groups in total. The molecule has 0 aromatic heterocycles. The van der Waals surface area contributed by atoms with Crippen LogP contribution in [0.25, 0.3) is 11.1 Å². The molecule has 17 bridgehead atoms. The van der Waals surface area contributed by atoms with E-state index in [0.29, 0.717) is 0 Å². The monoisotopic (exact) mass is 1340 g/mol. The van der Waals surface area contributed by atoms with Crippen LogP contribution in [0.4, 0.5) is 4.79 Å². The van der Waals surface area contributed by atoms with Gasteiger partial charge in [-0.25, -0.2) is 4.79 Å². The SMILES string of the molecule is CC(C)(C)OC(=O)N[C@@H]1C(=O)N[C@@H]2Cc3ccc(c(Cl)c3)Oc3cc4cc(c3O)Oc3ccc(cc3Cl)[C@@H](O)[C@@H]3NC(=O)[C@H](NC(=O)[C@@H]4NC(=O)[C@@H](NC2=O)c2cc(O)cc(c2)Oc2cc1ccc2O)c1ccc(O)c(c1)-c1c(O)cc(O)cc1[C@@H](C(=O)NCCN)NC3=O. The molecule has 6 aliphatic heterocycles. The quantitative estimate of drug-likeness (QED) is 0.103. The highest BCUT2D eigenvalue weighted by Crippen LogP contribution is 2.48. The third kappa shape index (κ3) is 13.8. The van der Waals surface area contributed by atoms with E-state index in [0.717, 1.165) is 66.7 Å². The van der Waals surface area contributed by atoms with Crippen molar-refractivity contribution >= 4 is 70.6 Å². The minimum Gasteiger partial charge on any atom is -0.508 e. The van der Waals surface area contributed by atoms with Crippen molar-refractivity contribution in [1.29, 1.82) is 0 Å². The standard InChI is InChI=1S/C65H59Cl2N9O19/c1-65(2,3)95-64(91)76-50-28-6-9-41(80)45(20-28)92-34-17-30(16-32(77)23-34)51-61(88)73-52-31-21-46(93-43-10-4-26(14-37(43)66)15-39(57(84)71-51)70-59(50)86)56(83)47(22-31)94-44-11-7-29(19-38(44)67)55(82)54-63(90)74-53(58(85)69-13-12-68)36-24-33(78)25-42(81)48(36)35-18-27(5-8-40(35)79)49(60(87)75-54)72-62(52)89/h4-11,14,16-25,39,49-55,77-83H,12-13,15,68H2,1-3H3,(H,69,85)(H,70,86)(H,71,84)(H,72,89)(H,73,88)(H,74,90)(H,75,87)(H,76,91)/t39-,49-,50+,51+,52-,53+,54+,55-/m1/s1. The maximum Gasteiger partial charge on any atom is 0.408 e. The van der Waals surface area contributed by atoms with E-state index in [2.05, 4.69) is 42.5 Å². The van der Waals surface area contributed by atoms with Crippen LogP contribution in [0, 0.1) is 0 Å². The summed E-state index contributed by atoms with van der Waals surface area (Å²) in [5.74, 6) is -14.4. The van der Waals surface area contributed by atoms with E-state index >= 15 is 19.2 Å². The number of nitrogens with one attached hydrogen (secondary N) is 8. The van der Waals surface area contributed by atoms with Crippen LogP contribution in [0.5, 0.6) is 69.0 Å². The number of phenols is 6. The van der Waals surface area contributed by atoms with E-state index in [1.807, 2.05) is 0 Å². The van der Waals surface area contributed by atoms with Gasteiger partial charge >= 0.3 is 6.09 Å². The summed E-state index contributed by atoms with van der Waals surface area (Å²) >= 11 is 13.8. The predicted octanol–water partition coefficient (Wildman–Crippen LogP) is 5.54. The fourth-order valence-electron chi connectivity index (χ4n) is 11.1. The number of aliphatic hydroxyl groups is 1. The molecule has 8 amide bonds. The minimum atomic E-state index is -2.20. The first-order valence-electron chi connectivity index (χ1n) is 29.1. The number of aliphatic hydroxyl groups excluding tert-OH is 1. The van der Waals surface area contributed by atoms with Gasteiger partial charge in [-0.2, -0.15) is 0 Å². The lowest BCUT2D eigenvalue weighted by Crippen LogP contribution is -2.56. The number of rotatable bonds is 4. The van der Waals surface area contributed by atoms with Crippen molar-refractivity contribution in [2.24, 2.45) is 5.73 Å². The average molecular weight is 1340 g/mol. The van der Waals surface area contributed by atoms with Gasteiger partial charge in [-0.05, 0) is 139 Å². The van der Waals surface area contributed by atoms with E-state index in [1.165, 1.54) is 48.5 Å². The summed E-state index contributed by atoms with van der Waals surface area (Å²) in [5, 5.41) is 101. The van der Waals surface area contributed by atoms with Crippen molar-refractivity contribution in [3.05, 3.63) is 164 Å². The molecular weight excluding hydrogens is 1280 g/mol. The number of phenolic OH excluding ortho intramolecular Hbond substituents is 6. The van der Waals surface area contributed by atoms with E-state index in [9.17, 15) is 54.9 Å². The molecule has 0 saturated carbocycles. The Morgan fingerprint density at radius 3 is 1.82 bits per heavy atom. The average Bonchev–Trinajstić information content (AvgIpc) is 0.773. The molecule has 7 aromatic carbocycles. The summed E-state index contributed by atoms with van der Waals surface area (Å²) in [6, 6.07) is 8.14. The number of amides is 8. The highest BCUT2D eigenvalue weighted by atomic mass is 35.5. The lowest BCUT2D eigenvalue weighted by Gasteiger charge is -2.31. The Kier molecular flexibility index (Phi) is 17.9. The molecule has 6 heterocycles. The van der Waals surface area contributed by atoms with Gasteiger partial charge in [0.2, 0.25) is 47.1 Å². The highest BCUT2D eigenvalue weighted by molar-refractivity contribution is 6.32. The number of halogens is 2. The van der Waals surface area contributed by atoms with Gasteiger partial charge < -0.3 is 103 Å². The van der Waals surface area contributed by atoms with Crippen molar-refractivity contribution in [2.75, 3.05) is 13.1 Å². The molecule has 30 heteroatoms. The van der Waals surface area contributed by atoms with Crippen LogP contribution in [0.15, 0.2) is 115 Å². The molecule has 0 saturated heterocycles. The normalized spacial score (nSPS) is 21.0. The second kappa shape index (κ2) is 26.1. The number of aromatic hydroxyl groups is 6. The number of ether oxygens (including phenoxy) is 4. The Hall–Kier alpha value is -11.2. The van der Waals surface area contributed by atoms with Crippen LogP contribution in [-0.4, -0.2) is 114 Å². The Bertz CT molecular complexity index is 4360. The molecule has 0 radical (unpaired) electrons. The molecule has 0 fully saturated rings. The maximum atomic E-state index is 15.9. The molecule has 0 aliphatic carbocycles. The van der Waals surface area contributed by atoms with Gasteiger partial charge in [0, 0.05) is 42.8 Å². The van der Waals surface area contributed by atoms with E-state index in [1.54, 1.807) is 20.8 Å². The van der Waals surface area contributed by atoms with Gasteiger partial charge in [-0.15, -0.1) is 0 Å². The summed E-state index contributed by atoms with van der Waals surface area (Å²) in [5.41, 5.74) is 2.76. The topological polar surface area (TPSA) is 437 Å². The summed E-state index contributed by atoms with van der Waals surface area (Å²) in [6.45, 7) is 4.47. The highest BCUT2D eigenvalue weighted by Gasteiger charge is 2.42. The van der Waals surface area contributed by atoms with Crippen molar-refractivity contribution in [3.8, 4) is 80.1 Å². The Balaban J connectivity index is 1.12. The van der Waals surface area contributed by atoms with Crippen molar-refractivity contribution in [1.82, 2.24) is 42.5 Å². The van der Waals surface area contributed by atoms with Crippen LogP contribution in [0.1, 0.15) is 96.0 Å².